The molecule has 1 saturated carbocycles. The Bertz CT molecular complexity index is 1330. The molecule has 0 bridgehead atoms. The van der Waals surface area contributed by atoms with Crippen molar-refractivity contribution in [3.63, 3.8) is 0 Å². The maximum atomic E-state index is 13.6. The zero-order chi connectivity index (χ0) is 26.2. The minimum Gasteiger partial charge on any atom is -0.381 e. The molecule has 4 rings (SSSR count). The van der Waals surface area contributed by atoms with E-state index in [4.69, 9.17) is 7.48 Å². The fraction of sp³-hybridized carbons (Fsp3) is 0.481. The highest BCUT2D eigenvalue weighted by Gasteiger charge is 2.29. The van der Waals surface area contributed by atoms with Crippen LogP contribution >= 0.6 is 11.8 Å². The number of carbonyl (C=O) groups excluding carboxylic acids is 1. The van der Waals surface area contributed by atoms with Crippen molar-refractivity contribution in [2.75, 3.05) is 13.4 Å². The van der Waals surface area contributed by atoms with Crippen molar-refractivity contribution in [3.8, 4) is 0 Å². The van der Waals surface area contributed by atoms with E-state index < -0.39 is 18.0 Å². The number of para-hydroxylation sites is 1. The normalized spacial score (nSPS) is 20.6. The second-order valence-corrected chi connectivity index (χ2v) is 10.0. The third-order valence-electron chi connectivity index (χ3n) is 7.18. The van der Waals surface area contributed by atoms with E-state index >= 15 is 0 Å². The lowest BCUT2D eigenvalue weighted by atomic mass is 9.83. The molecule has 0 saturated heterocycles. The van der Waals surface area contributed by atoms with Crippen molar-refractivity contribution in [1.29, 1.82) is 0 Å². The lowest BCUT2D eigenvalue weighted by Gasteiger charge is -2.33. The van der Waals surface area contributed by atoms with Crippen LogP contribution in [0, 0.1) is 19.8 Å². The van der Waals surface area contributed by atoms with Crippen LogP contribution < -0.4 is 10.9 Å². The number of rotatable bonds is 7. The Labute approximate surface area is 208 Å². The van der Waals surface area contributed by atoms with Gasteiger partial charge in [0.05, 0.1) is 14.4 Å². The zero-order valence-corrected chi connectivity index (χ0v) is 21.3. The summed E-state index contributed by atoms with van der Waals surface area (Å²) in [4.78, 5) is 29.5. The number of nitrogens with one attached hydrogen (secondary N) is 2. The van der Waals surface area contributed by atoms with Gasteiger partial charge in [-0.2, -0.15) is 0 Å². The van der Waals surface area contributed by atoms with Gasteiger partial charge < -0.3 is 19.6 Å². The van der Waals surface area contributed by atoms with E-state index in [2.05, 4.69) is 21.8 Å². The number of ether oxygens (including phenoxy) is 1. The first-order valence-corrected chi connectivity index (χ1v) is 13.0. The zero-order valence-electron chi connectivity index (χ0n) is 22.5. The smallest absolute Gasteiger partial charge is 0.254 e. The Morgan fingerprint density at radius 1 is 1.29 bits per heavy atom. The lowest BCUT2D eigenvalue weighted by Crippen LogP contribution is -2.29. The number of amides is 1. The van der Waals surface area contributed by atoms with Gasteiger partial charge in [-0.15, -0.1) is 11.8 Å². The number of hydrogen-bond acceptors (Lipinski definition) is 4. The van der Waals surface area contributed by atoms with Gasteiger partial charge >= 0.3 is 0 Å². The summed E-state index contributed by atoms with van der Waals surface area (Å²) in [6.07, 6.45) is 6.28. The molecule has 1 aliphatic rings. The first-order valence-electron chi connectivity index (χ1n) is 12.8. The minimum absolute atomic E-state index is 0.0846. The van der Waals surface area contributed by atoms with E-state index in [1.807, 2.05) is 31.2 Å². The second kappa shape index (κ2) is 10.4. The Morgan fingerprint density at radius 3 is 2.68 bits per heavy atom. The Balaban J connectivity index is 1.71. The van der Waals surface area contributed by atoms with E-state index in [0.29, 0.717) is 28.2 Å². The van der Waals surface area contributed by atoms with Gasteiger partial charge in [0.1, 0.15) is 0 Å². The molecular formula is C27H35N3O3S. The number of fused-ring (bicyclic) bond motifs is 1. The van der Waals surface area contributed by atoms with Crippen LogP contribution in [0.4, 0.5) is 0 Å². The summed E-state index contributed by atoms with van der Waals surface area (Å²) in [7, 11) is 1.77. The van der Waals surface area contributed by atoms with E-state index in [1.54, 1.807) is 26.4 Å². The summed E-state index contributed by atoms with van der Waals surface area (Å²) in [6, 6.07) is 9.68. The molecule has 182 valence electrons. The fourth-order valence-electron chi connectivity index (χ4n) is 5.34. The number of aromatic amines is 1. The SMILES string of the molecule is [2H]C([2H])(NC(=O)c1c(C)n([C@H](C)C2CCC(OC)CC2)c2ccccc12)c1c(SC)cc(C)[nH]c1=O. The van der Waals surface area contributed by atoms with Crippen molar-refractivity contribution in [1.82, 2.24) is 14.9 Å². The average molecular weight is 484 g/mol. The number of nitrogens with zero attached hydrogens (tertiary/aromatic N) is 1. The number of methoxy groups -OCH3 is 1. The van der Waals surface area contributed by atoms with Crippen molar-refractivity contribution >= 4 is 28.6 Å². The highest BCUT2D eigenvalue weighted by atomic mass is 32.2. The van der Waals surface area contributed by atoms with Crippen molar-refractivity contribution in [2.24, 2.45) is 5.92 Å². The summed E-state index contributed by atoms with van der Waals surface area (Å²) in [5, 5.41) is 3.31. The molecule has 3 aromatic rings. The summed E-state index contributed by atoms with van der Waals surface area (Å²) in [6.45, 7) is 3.53. The highest BCUT2D eigenvalue weighted by molar-refractivity contribution is 7.98. The van der Waals surface area contributed by atoms with Crippen LogP contribution in [0.5, 0.6) is 0 Å². The summed E-state index contributed by atoms with van der Waals surface area (Å²) >= 11 is 1.28. The molecule has 1 atom stereocenters. The van der Waals surface area contributed by atoms with Crippen LogP contribution in [0.3, 0.4) is 0 Å². The number of aryl methyl sites for hydroxylation is 1. The number of thioether (sulfide) groups is 1. The van der Waals surface area contributed by atoms with Crippen LogP contribution in [-0.4, -0.2) is 34.9 Å². The second-order valence-electron chi connectivity index (χ2n) is 9.16. The molecule has 0 radical (unpaired) electrons. The van der Waals surface area contributed by atoms with Crippen molar-refractivity contribution in [2.45, 2.75) is 70.0 Å². The van der Waals surface area contributed by atoms with Crippen molar-refractivity contribution in [3.05, 3.63) is 63.2 Å². The molecule has 1 fully saturated rings. The summed E-state index contributed by atoms with van der Waals surface area (Å²) < 4.78 is 25.1. The molecule has 2 aromatic heterocycles. The topological polar surface area (TPSA) is 76.1 Å². The van der Waals surface area contributed by atoms with Gasteiger partial charge in [0.15, 0.2) is 0 Å². The minimum atomic E-state index is -2.35. The number of benzene rings is 1. The maximum Gasteiger partial charge on any atom is 0.254 e. The number of pyridine rings is 1. The van der Waals surface area contributed by atoms with Crippen LogP contribution in [0.15, 0.2) is 40.0 Å². The maximum absolute atomic E-state index is 13.6. The lowest BCUT2D eigenvalue weighted by molar-refractivity contribution is 0.0492. The molecule has 0 aliphatic heterocycles. The molecule has 34 heavy (non-hydrogen) atoms. The third-order valence-corrected chi connectivity index (χ3v) is 7.94. The standard InChI is InChI=1S/C27H35N3O3S/c1-16-14-24(34-5)22(26(31)29-16)15-28-27(32)25-18(3)30(23-9-7-6-8-21(23)25)17(2)19-10-12-20(33-4)13-11-19/h6-9,14,17,19-20H,10-13,15H2,1-5H3,(H,28,32)(H,29,31)/t17-,19?,20?/m1/s1/i15D2. The Kier molecular flexibility index (Phi) is 6.73. The van der Waals surface area contributed by atoms with Gasteiger partial charge in [-0.05, 0) is 70.8 Å². The van der Waals surface area contributed by atoms with Crippen LogP contribution in [0.2, 0.25) is 0 Å². The summed E-state index contributed by atoms with van der Waals surface area (Å²) in [5.41, 5.74) is 2.22. The molecule has 7 heteroatoms. The monoisotopic (exact) mass is 483 g/mol. The highest BCUT2D eigenvalue weighted by Crippen LogP contribution is 2.38. The van der Waals surface area contributed by atoms with Gasteiger partial charge in [0.2, 0.25) is 0 Å². The van der Waals surface area contributed by atoms with Crippen LogP contribution in [-0.2, 0) is 11.2 Å². The number of carbonyl (C=O) groups is 1. The molecule has 0 unspecified atom stereocenters. The molecular weight excluding hydrogens is 446 g/mol. The van der Waals surface area contributed by atoms with Gasteiger partial charge in [0, 0.05) is 52.4 Å². The van der Waals surface area contributed by atoms with Gasteiger partial charge in [-0.25, -0.2) is 0 Å². The van der Waals surface area contributed by atoms with Crippen LogP contribution in [0.1, 0.15) is 68.7 Å². The number of hydrogen-bond donors (Lipinski definition) is 2. The van der Waals surface area contributed by atoms with Crippen molar-refractivity contribution < 1.29 is 12.3 Å². The average Bonchev–Trinajstić information content (AvgIpc) is 3.14. The third kappa shape index (κ3) is 4.68. The van der Waals surface area contributed by atoms with E-state index in [-0.39, 0.29) is 11.6 Å². The fourth-order valence-corrected chi connectivity index (χ4v) is 5.98. The predicted molar refractivity (Wildman–Crippen MR) is 139 cm³/mol. The molecule has 1 aromatic carbocycles. The first-order chi connectivity index (χ1) is 17.1. The quantitative estimate of drug-likeness (QED) is 0.443. The Hall–Kier alpha value is -2.51. The molecule has 1 aliphatic carbocycles. The predicted octanol–water partition coefficient (Wildman–Crippen LogP) is 5.36. The van der Waals surface area contributed by atoms with Crippen LogP contribution in [0.25, 0.3) is 10.9 Å². The van der Waals surface area contributed by atoms with Gasteiger partial charge in [-0.1, -0.05) is 18.2 Å². The number of aromatic nitrogens is 2. The van der Waals surface area contributed by atoms with Gasteiger partial charge in [-0.3, -0.25) is 9.59 Å². The van der Waals surface area contributed by atoms with E-state index in [0.717, 1.165) is 42.3 Å². The first kappa shape index (κ1) is 22.0. The summed E-state index contributed by atoms with van der Waals surface area (Å²) in [5.74, 6) is -0.0710. The molecule has 0 spiro atoms. The Morgan fingerprint density at radius 2 is 2.00 bits per heavy atom. The van der Waals surface area contributed by atoms with E-state index in [9.17, 15) is 9.59 Å². The number of H-pyrrole nitrogens is 1. The molecule has 2 N–H and O–H groups in total. The molecule has 6 nitrogen and oxygen atoms in total. The van der Waals surface area contributed by atoms with Gasteiger partial charge in [0.25, 0.3) is 11.5 Å². The molecule has 1 amide bonds. The van der Waals surface area contributed by atoms with E-state index in [1.165, 1.54) is 11.8 Å². The molecule has 2 heterocycles. The largest absolute Gasteiger partial charge is 0.381 e.